The summed E-state index contributed by atoms with van der Waals surface area (Å²) < 4.78 is 46.8. The number of aromatic nitrogens is 3. The first kappa shape index (κ1) is 18.6. The molecule has 0 atom stereocenters. The molecule has 0 radical (unpaired) electrons. The lowest BCUT2D eigenvalue weighted by Gasteiger charge is -2.09. The molecular formula is C16H16ClFN4O3S. The van der Waals surface area contributed by atoms with Crippen molar-refractivity contribution in [2.24, 2.45) is 0 Å². The number of nitrogens with zero attached hydrogens (tertiary/aromatic N) is 2. The van der Waals surface area contributed by atoms with Crippen molar-refractivity contribution in [3.63, 3.8) is 0 Å². The van der Waals surface area contributed by atoms with E-state index >= 15 is 0 Å². The van der Waals surface area contributed by atoms with E-state index in [9.17, 15) is 12.8 Å². The second-order valence-corrected chi connectivity index (χ2v) is 7.88. The van der Waals surface area contributed by atoms with Crippen LogP contribution in [0.2, 0.25) is 5.02 Å². The summed E-state index contributed by atoms with van der Waals surface area (Å²) in [6.45, 7) is 4.89. The van der Waals surface area contributed by atoms with E-state index in [0.717, 1.165) is 6.07 Å². The first-order valence-corrected chi connectivity index (χ1v) is 9.48. The normalized spacial score (nSPS) is 11.9. The molecule has 0 bridgehead atoms. The molecule has 10 heteroatoms. The molecule has 0 amide bonds. The second kappa shape index (κ2) is 6.82. The van der Waals surface area contributed by atoms with Gasteiger partial charge in [0.1, 0.15) is 10.7 Å². The van der Waals surface area contributed by atoms with Crippen molar-refractivity contribution in [3.05, 3.63) is 51.9 Å². The smallest absolute Gasteiger partial charge is 0.250 e. The van der Waals surface area contributed by atoms with Crippen LogP contribution in [0.3, 0.4) is 0 Å². The molecule has 138 valence electrons. The molecule has 0 aliphatic rings. The maximum atomic E-state index is 13.1. The fourth-order valence-corrected chi connectivity index (χ4v) is 4.35. The van der Waals surface area contributed by atoms with E-state index in [0.29, 0.717) is 28.4 Å². The van der Waals surface area contributed by atoms with Crippen LogP contribution in [0.25, 0.3) is 11.5 Å². The van der Waals surface area contributed by atoms with Crippen LogP contribution in [0.5, 0.6) is 0 Å². The molecule has 1 aromatic carbocycles. The van der Waals surface area contributed by atoms with Crippen LogP contribution in [0.1, 0.15) is 22.8 Å². The average molecular weight is 399 g/mol. The van der Waals surface area contributed by atoms with Gasteiger partial charge in [-0.2, -0.15) is 0 Å². The van der Waals surface area contributed by atoms with Gasteiger partial charge in [0.2, 0.25) is 15.9 Å². The van der Waals surface area contributed by atoms with Crippen LogP contribution in [0.4, 0.5) is 4.39 Å². The van der Waals surface area contributed by atoms with E-state index in [1.807, 2.05) is 0 Å². The standard InChI is InChI=1S/C16H16ClFN4O3S/c1-8-14(16-22-21-10(3)25-16)15(9(2)20-8)26(23,24)19-7-11-4-5-12(18)6-13(11)17/h4-6,19-20H,7H2,1-3H3. The summed E-state index contributed by atoms with van der Waals surface area (Å²) in [5.74, 6) is -0.0510. The maximum absolute atomic E-state index is 13.1. The van der Waals surface area contributed by atoms with E-state index < -0.39 is 15.8 Å². The minimum absolute atomic E-state index is 0.0249. The highest BCUT2D eigenvalue weighted by molar-refractivity contribution is 7.89. The Morgan fingerprint density at radius 1 is 1.23 bits per heavy atom. The number of benzene rings is 1. The summed E-state index contributed by atoms with van der Waals surface area (Å²) >= 11 is 5.96. The van der Waals surface area contributed by atoms with Gasteiger partial charge in [-0.3, -0.25) is 0 Å². The summed E-state index contributed by atoms with van der Waals surface area (Å²) in [7, 11) is -3.93. The zero-order valence-corrected chi connectivity index (χ0v) is 15.8. The molecule has 26 heavy (non-hydrogen) atoms. The molecule has 2 N–H and O–H groups in total. The third-order valence-corrected chi connectivity index (χ3v) is 5.72. The van der Waals surface area contributed by atoms with Crippen molar-refractivity contribution >= 4 is 21.6 Å². The second-order valence-electron chi connectivity index (χ2n) is 5.77. The number of aryl methyl sites for hydroxylation is 3. The molecule has 0 unspecified atom stereocenters. The summed E-state index contributed by atoms with van der Waals surface area (Å²) in [5, 5.41) is 7.81. The Morgan fingerprint density at radius 3 is 2.58 bits per heavy atom. The van der Waals surface area contributed by atoms with E-state index in [4.69, 9.17) is 16.0 Å². The Bertz CT molecular complexity index is 1080. The number of hydrogen-bond donors (Lipinski definition) is 2. The summed E-state index contributed by atoms with van der Waals surface area (Å²) in [6, 6.07) is 3.77. The molecule has 2 heterocycles. The molecule has 0 aliphatic carbocycles. The predicted octanol–water partition coefficient (Wildman–Crippen LogP) is 3.26. The number of halogens is 2. The zero-order chi connectivity index (χ0) is 19.1. The van der Waals surface area contributed by atoms with Gasteiger partial charge in [-0.25, -0.2) is 17.5 Å². The van der Waals surface area contributed by atoms with E-state index in [2.05, 4.69) is 19.9 Å². The summed E-state index contributed by atoms with van der Waals surface area (Å²) in [4.78, 5) is 3.01. The minimum Gasteiger partial charge on any atom is -0.421 e. The summed E-state index contributed by atoms with van der Waals surface area (Å²) in [5.41, 5.74) is 1.80. The largest absolute Gasteiger partial charge is 0.421 e. The van der Waals surface area contributed by atoms with E-state index in [1.165, 1.54) is 12.1 Å². The lowest BCUT2D eigenvalue weighted by molar-refractivity contribution is 0.530. The average Bonchev–Trinajstić information content (AvgIpc) is 3.09. The molecule has 3 aromatic rings. The van der Waals surface area contributed by atoms with Crippen molar-refractivity contribution in [1.82, 2.24) is 19.9 Å². The predicted molar refractivity (Wildman–Crippen MR) is 93.7 cm³/mol. The molecule has 2 aromatic heterocycles. The third kappa shape index (κ3) is 3.50. The van der Waals surface area contributed by atoms with Gasteiger partial charge in [0, 0.05) is 29.9 Å². The van der Waals surface area contributed by atoms with Crippen LogP contribution in [-0.4, -0.2) is 23.6 Å². The van der Waals surface area contributed by atoms with Crippen LogP contribution in [0.15, 0.2) is 27.5 Å². The summed E-state index contributed by atoms with van der Waals surface area (Å²) in [6.07, 6.45) is 0. The quantitative estimate of drug-likeness (QED) is 0.687. The van der Waals surface area contributed by atoms with Crippen LogP contribution in [-0.2, 0) is 16.6 Å². The monoisotopic (exact) mass is 398 g/mol. The number of hydrogen-bond acceptors (Lipinski definition) is 5. The fourth-order valence-electron chi connectivity index (χ4n) is 2.66. The topological polar surface area (TPSA) is 101 Å². The van der Waals surface area contributed by atoms with Crippen molar-refractivity contribution in [2.45, 2.75) is 32.2 Å². The van der Waals surface area contributed by atoms with Crippen molar-refractivity contribution in [1.29, 1.82) is 0 Å². The number of sulfonamides is 1. The Kier molecular flexibility index (Phi) is 4.87. The SMILES string of the molecule is Cc1nnc(-c2c(C)[nH]c(C)c2S(=O)(=O)NCc2ccc(F)cc2Cl)o1. The number of H-pyrrole nitrogens is 1. The van der Waals surface area contributed by atoms with Crippen molar-refractivity contribution < 1.29 is 17.2 Å². The molecule has 3 rings (SSSR count). The Morgan fingerprint density at radius 2 is 1.96 bits per heavy atom. The van der Waals surface area contributed by atoms with Crippen molar-refractivity contribution in [3.8, 4) is 11.5 Å². The fraction of sp³-hybridized carbons (Fsp3) is 0.250. The lowest BCUT2D eigenvalue weighted by atomic mass is 10.2. The number of rotatable bonds is 5. The van der Waals surface area contributed by atoms with Crippen LogP contribution in [0, 0.1) is 26.6 Å². The zero-order valence-electron chi connectivity index (χ0n) is 14.2. The molecular weight excluding hydrogens is 383 g/mol. The lowest BCUT2D eigenvalue weighted by Crippen LogP contribution is -2.24. The number of nitrogens with one attached hydrogen (secondary N) is 2. The van der Waals surface area contributed by atoms with Gasteiger partial charge in [0.05, 0.1) is 5.56 Å². The minimum atomic E-state index is -3.93. The Hall–Kier alpha value is -2.23. The Labute approximate surface area is 154 Å². The van der Waals surface area contributed by atoms with Gasteiger partial charge in [-0.15, -0.1) is 10.2 Å². The van der Waals surface area contributed by atoms with Gasteiger partial charge in [-0.05, 0) is 31.5 Å². The van der Waals surface area contributed by atoms with Gasteiger partial charge in [-0.1, -0.05) is 17.7 Å². The van der Waals surface area contributed by atoms with Crippen LogP contribution >= 0.6 is 11.6 Å². The highest BCUT2D eigenvalue weighted by Gasteiger charge is 2.28. The van der Waals surface area contributed by atoms with Crippen LogP contribution < -0.4 is 4.72 Å². The molecule has 0 saturated carbocycles. The molecule has 7 nitrogen and oxygen atoms in total. The molecule has 0 spiro atoms. The van der Waals surface area contributed by atoms with Gasteiger partial charge >= 0.3 is 0 Å². The highest BCUT2D eigenvalue weighted by Crippen LogP contribution is 2.32. The number of aromatic amines is 1. The maximum Gasteiger partial charge on any atom is 0.250 e. The third-order valence-electron chi connectivity index (χ3n) is 3.79. The van der Waals surface area contributed by atoms with Gasteiger partial charge in [0.25, 0.3) is 5.89 Å². The molecule has 0 saturated heterocycles. The molecule has 0 fully saturated rings. The van der Waals surface area contributed by atoms with E-state index in [1.54, 1.807) is 20.8 Å². The first-order valence-electron chi connectivity index (χ1n) is 7.62. The van der Waals surface area contributed by atoms with Gasteiger partial charge < -0.3 is 9.40 Å². The first-order chi connectivity index (χ1) is 12.2. The molecule has 0 aliphatic heterocycles. The van der Waals surface area contributed by atoms with Crippen molar-refractivity contribution in [2.75, 3.05) is 0 Å². The van der Waals surface area contributed by atoms with Gasteiger partial charge in [0.15, 0.2) is 0 Å². The Balaban J connectivity index is 1.97. The highest BCUT2D eigenvalue weighted by atomic mass is 35.5. The van der Waals surface area contributed by atoms with E-state index in [-0.39, 0.29) is 22.4 Å².